The first-order valence-corrected chi connectivity index (χ1v) is 10.2. The van der Waals surface area contributed by atoms with Crippen molar-refractivity contribution in [1.82, 2.24) is 21.1 Å². The molecule has 4 N–H and O–H groups in total. The van der Waals surface area contributed by atoms with Crippen LogP contribution in [0.3, 0.4) is 0 Å². The van der Waals surface area contributed by atoms with Crippen LogP contribution in [0.4, 0.5) is 20.1 Å². The number of nitrogens with one attached hydrogen (secondary N) is 4. The van der Waals surface area contributed by atoms with E-state index in [1.807, 2.05) is 6.92 Å². The van der Waals surface area contributed by atoms with Gasteiger partial charge in [-0.1, -0.05) is 22.9 Å². The Bertz CT molecular complexity index is 736. The Hall–Kier alpha value is -2.82. The van der Waals surface area contributed by atoms with Crippen molar-refractivity contribution in [2.45, 2.75) is 52.2 Å². The van der Waals surface area contributed by atoms with Gasteiger partial charge in [0, 0.05) is 22.7 Å². The molecule has 0 saturated carbocycles. The number of anilines is 1. The molecule has 1 atom stereocenters. The van der Waals surface area contributed by atoms with Gasteiger partial charge in [-0.3, -0.25) is 4.79 Å². The van der Waals surface area contributed by atoms with Crippen molar-refractivity contribution in [3.63, 3.8) is 0 Å². The Balaban J connectivity index is 2.49. The molecule has 0 aliphatic heterocycles. The lowest BCUT2D eigenvalue weighted by molar-refractivity contribution is -0.117. The summed E-state index contributed by atoms with van der Waals surface area (Å²) in [4.78, 5) is 47.2. The van der Waals surface area contributed by atoms with Gasteiger partial charge in [-0.2, -0.15) is 5.01 Å². The average molecular weight is 486 g/mol. The van der Waals surface area contributed by atoms with Crippen LogP contribution in [0.5, 0.6) is 0 Å². The number of hydrogen-bond acceptors (Lipinski definition) is 5. The fraction of sp³-hybridized carbons (Fsp3) is 0.474. The van der Waals surface area contributed by atoms with Crippen LogP contribution in [-0.2, 0) is 9.53 Å². The number of alkyl carbamates (subject to hydrolysis) is 1. The second kappa shape index (κ2) is 12.0. The molecule has 1 unspecified atom stereocenters. The molecule has 11 heteroatoms. The summed E-state index contributed by atoms with van der Waals surface area (Å²) in [6, 6.07) is 4.90. The molecular formula is C19H28BrN5O5. The third-order valence-electron chi connectivity index (χ3n) is 3.63. The van der Waals surface area contributed by atoms with Crippen LogP contribution in [0.2, 0.25) is 0 Å². The Morgan fingerprint density at radius 3 is 2.37 bits per heavy atom. The van der Waals surface area contributed by atoms with Gasteiger partial charge >= 0.3 is 18.2 Å². The van der Waals surface area contributed by atoms with E-state index in [1.165, 1.54) is 0 Å². The van der Waals surface area contributed by atoms with Gasteiger partial charge in [0.25, 0.3) is 0 Å². The van der Waals surface area contributed by atoms with Crippen molar-refractivity contribution in [3.05, 3.63) is 28.7 Å². The zero-order valence-electron chi connectivity index (χ0n) is 17.5. The van der Waals surface area contributed by atoms with E-state index in [2.05, 4.69) is 37.3 Å². The minimum atomic E-state index is -0.792. The van der Waals surface area contributed by atoms with E-state index < -0.39 is 23.8 Å². The predicted octanol–water partition coefficient (Wildman–Crippen LogP) is 3.35. The number of carbonyl (C=O) groups is 4. The second-order valence-electron chi connectivity index (χ2n) is 7.32. The molecule has 0 radical (unpaired) electrons. The first-order chi connectivity index (χ1) is 14.0. The van der Waals surface area contributed by atoms with E-state index >= 15 is 0 Å². The number of nitrogens with zero attached hydrogens (tertiary/aromatic N) is 1. The summed E-state index contributed by atoms with van der Waals surface area (Å²) in [6.07, 6.45) is 0.616. The molecule has 0 heterocycles. The maximum atomic E-state index is 12.3. The molecular weight excluding hydrogens is 458 g/mol. The topological polar surface area (TPSA) is 129 Å². The molecule has 30 heavy (non-hydrogen) atoms. The van der Waals surface area contributed by atoms with E-state index in [4.69, 9.17) is 4.74 Å². The van der Waals surface area contributed by atoms with Crippen molar-refractivity contribution in [2.75, 3.05) is 11.9 Å². The van der Waals surface area contributed by atoms with Gasteiger partial charge in [0.2, 0.25) is 6.41 Å². The minimum absolute atomic E-state index is 0.197. The van der Waals surface area contributed by atoms with Crippen molar-refractivity contribution < 1.29 is 23.9 Å². The van der Waals surface area contributed by atoms with Gasteiger partial charge in [-0.15, -0.1) is 0 Å². The molecule has 166 valence electrons. The number of amides is 6. The number of rotatable bonds is 7. The van der Waals surface area contributed by atoms with Crippen molar-refractivity contribution in [3.8, 4) is 0 Å². The fourth-order valence-corrected chi connectivity index (χ4v) is 2.48. The van der Waals surface area contributed by atoms with Crippen LogP contribution in [0, 0.1) is 0 Å². The van der Waals surface area contributed by atoms with Crippen molar-refractivity contribution >= 4 is 46.2 Å². The van der Waals surface area contributed by atoms with Gasteiger partial charge in [-0.05, 0) is 57.9 Å². The second-order valence-corrected chi connectivity index (χ2v) is 8.24. The highest BCUT2D eigenvalue weighted by Crippen LogP contribution is 2.13. The van der Waals surface area contributed by atoms with E-state index in [0.29, 0.717) is 23.5 Å². The largest absolute Gasteiger partial charge is 0.444 e. The summed E-state index contributed by atoms with van der Waals surface area (Å²) in [5, 5.41) is 8.26. The number of ether oxygens (including phenoxy) is 1. The van der Waals surface area contributed by atoms with Gasteiger partial charge in [0.15, 0.2) is 0 Å². The molecule has 1 aromatic rings. The third-order valence-corrected chi connectivity index (χ3v) is 4.16. The Kier molecular flexibility index (Phi) is 10.1. The zero-order chi connectivity index (χ0) is 22.7. The molecule has 1 aromatic carbocycles. The van der Waals surface area contributed by atoms with Crippen LogP contribution in [0.1, 0.15) is 40.5 Å². The highest BCUT2D eigenvalue weighted by atomic mass is 79.9. The number of hydrazine groups is 1. The summed E-state index contributed by atoms with van der Waals surface area (Å²) in [7, 11) is 0. The number of benzene rings is 1. The number of imide groups is 1. The predicted molar refractivity (Wildman–Crippen MR) is 116 cm³/mol. The summed E-state index contributed by atoms with van der Waals surface area (Å²) >= 11 is 3.28. The minimum Gasteiger partial charge on any atom is -0.444 e. The van der Waals surface area contributed by atoms with Crippen LogP contribution < -0.4 is 21.4 Å². The highest BCUT2D eigenvalue weighted by Gasteiger charge is 2.20. The number of urea groups is 2. The molecule has 0 bridgehead atoms. The first kappa shape index (κ1) is 25.2. The zero-order valence-corrected chi connectivity index (χ0v) is 19.0. The standard InChI is InChI=1S/C19H28BrN5O5/c1-5-14(10-11-21-18(29)30-19(2,3)4)23-17(28)25(12-26)24-16(27)22-15-8-6-13(20)7-9-15/h6-9,12,14H,5,10-11H2,1-4H3,(H,21,29)(H,23,28)(H2,22,24,27). The van der Waals surface area contributed by atoms with Gasteiger partial charge in [-0.25, -0.2) is 19.8 Å². The quantitative estimate of drug-likeness (QED) is 0.347. The molecule has 10 nitrogen and oxygen atoms in total. The van der Waals surface area contributed by atoms with Crippen LogP contribution in [-0.4, -0.2) is 47.8 Å². The highest BCUT2D eigenvalue weighted by molar-refractivity contribution is 9.10. The summed E-state index contributed by atoms with van der Waals surface area (Å²) in [6.45, 7) is 7.39. The summed E-state index contributed by atoms with van der Waals surface area (Å²) in [5.74, 6) is 0. The van der Waals surface area contributed by atoms with Crippen molar-refractivity contribution in [1.29, 1.82) is 0 Å². The lowest BCUT2D eigenvalue weighted by Crippen LogP contribution is -2.53. The Morgan fingerprint density at radius 1 is 1.20 bits per heavy atom. The van der Waals surface area contributed by atoms with Crippen molar-refractivity contribution in [2.24, 2.45) is 0 Å². The third kappa shape index (κ3) is 10.1. The molecule has 1 rings (SSSR count). The maximum absolute atomic E-state index is 12.3. The van der Waals surface area contributed by atoms with Crippen LogP contribution in [0.25, 0.3) is 0 Å². The molecule has 0 fully saturated rings. The molecule has 6 amide bonds. The molecule has 0 aromatic heterocycles. The molecule has 0 saturated heterocycles. The monoisotopic (exact) mass is 485 g/mol. The average Bonchev–Trinajstić information content (AvgIpc) is 2.65. The summed E-state index contributed by atoms with van der Waals surface area (Å²) < 4.78 is 5.98. The van der Waals surface area contributed by atoms with E-state index in [0.717, 1.165) is 4.47 Å². The number of carbonyl (C=O) groups excluding carboxylic acids is 4. The number of hydrogen-bond donors (Lipinski definition) is 4. The smallest absolute Gasteiger partial charge is 0.407 e. The molecule has 0 aliphatic rings. The lowest BCUT2D eigenvalue weighted by atomic mass is 10.1. The fourth-order valence-electron chi connectivity index (χ4n) is 2.21. The molecule has 0 spiro atoms. The van der Waals surface area contributed by atoms with Gasteiger partial charge in [0.1, 0.15) is 5.60 Å². The van der Waals surface area contributed by atoms with Crippen LogP contribution >= 0.6 is 15.9 Å². The Morgan fingerprint density at radius 2 is 1.83 bits per heavy atom. The summed E-state index contributed by atoms with van der Waals surface area (Å²) in [5.41, 5.74) is 2.05. The Labute approximate surface area is 184 Å². The normalized spacial score (nSPS) is 11.6. The van der Waals surface area contributed by atoms with Gasteiger partial charge in [0.05, 0.1) is 0 Å². The van der Waals surface area contributed by atoms with Crippen LogP contribution in [0.15, 0.2) is 28.7 Å². The first-order valence-electron chi connectivity index (χ1n) is 9.39. The van der Waals surface area contributed by atoms with E-state index in [9.17, 15) is 19.2 Å². The molecule has 0 aliphatic carbocycles. The van der Waals surface area contributed by atoms with Gasteiger partial charge < -0.3 is 20.7 Å². The SMILES string of the molecule is CCC(CCNC(=O)OC(C)(C)C)NC(=O)N(C=O)NC(=O)Nc1ccc(Br)cc1. The maximum Gasteiger partial charge on any atom is 0.407 e. The van der Waals surface area contributed by atoms with E-state index in [1.54, 1.807) is 45.0 Å². The number of halogens is 1. The lowest BCUT2D eigenvalue weighted by Gasteiger charge is -2.23. The van der Waals surface area contributed by atoms with E-state index in [-0.39, 0.29) is 19.0 Å².